The number of halogens is 3. The molecule has 0 bridgehead atoms. The van der Waals surface area contributed by atoms with Gasteiger partial charge in [-0.3, -0.25) is 38.8 Å². The Kier molecular flexibility index (Phi) is 40.1. The zero-order valence-electron chi connectivity index (χ0n) is 69.4. The maximum Gasteiger partial charge on any atom is 1.00 e. The number of aliphatic hydroxyl groups excluding tert-OH is 1. The van der Waals surface area contributed by atoms with Gasteiger partial charge in [0.1, 0.15) is 77.1 Å². The minimum atomic E-state index is -2.20. The molecule has 111 heavy (non-hydrogen) atoms. The number of methoxy groups -OCH3 is 2. The molecule has 0 aromatic heterocycles. The van der Waals surface area contributed by atoms with Gasteiger partial charge in [0, 0.05) is 45.4 Å². The average Bonchev–Trinajstić information content (AvgIpc) is 0.822. The predicted octanol–water partition coefficient (Wildman–Crippen LogP) is 10.2. The number of alkyl halides is 3. The third-order valence-electron chi connectivity index (χ3n) is 18.2. The maximum absolute atomic E-state index is 14.3. The number of nitrogens with one attached hydrogen (secondary N) is 6. The second kappa shape index (κ2) is 45.3. The quantitative estimate of drug-likeness (QED) is 0.00637. The molecule has 6 atom stereocenters. The van der Waals surface area contributed by atoms with Gasteiger partial charge in [0.2, 0.25) is 32.2 Å². The summed E-state index contributed by atoms with van der Waals surface area (Å²) in [6.45, 7) is 39.5. The van der Waals surface area contributed by atoms with Crippen molar-refractivity contribution >= 4 is 99.2 Å². The normalized spacial score (nSPS) is 15.8. The van der Waals surface area contributed by atoms with Gasteiger partial charge in [0.15, 0.2) is 0 Å². The summed E-state index contributed by atoms with van der Waals surface area (Å²) in [6, 6.07) is 23.1. The number of hydrogen-bond donors (Lipinski definition) is 7. The number of rotatable bonds is 30. The van der Waals surface area contributed by atoms with Gasteiger partial charge in [-0.15, -0.1) is 13.2 Å². The summed E-state index contributed by atoms with van der Waals surface area (Å²) in [5.41, 5.74) is 7.31. The van der Waals surface area contributed by atoms with Gasteiger partial charge >= 0.3 is 53.7 Å². The van der Waals surface area contributed by atoms with Crippen LogP contribution in [0.4, 0.5) is 9.59 Å². The molecule has 0 spiro atoms. The molecule has 2 aliphatic heterocycles. The van der Waals surface area contributed by atoms with Crippen LogP contribution in [0.5, 0.6) is 23.0 Å². The monoisotopic (exact) mass is 1650 g/mol. The van der Waals surface area contributed by atoms with Crippen LogP contribution >= 0.6 is 34.8 Å². The van der Waals surface area contributed by atoms with E-state index in [9.17, 15) is 38.4 Å². The molecular formula is C80H120Cl3N8NaO17Si2. The smallest absolute Gasteiger partial charge is 1.00 e. The summed E-state index contributed by atoms with van der Waals surface area (Å²) in [7, 11) is -1.25. The molecule has 0 aliphatic carbocycles. The maximum atomic E-state index is 14.3. The number of alkyl carbamates (subject to hydrolysis) is 2. The molecule has 25 nitrogen and oxygen atoms in total. The molecule has 4 aromatic rings. The number of aliphatic hydroxyl groups is 1. The second-order valence-electron chi connectivity index (χ2n) is 31.9. The van der Waals surface area contributed by atoms with Crippen LogP contribution in [0.1, 0.15) is 145 Å². The van der Waals surface area contributed by atoms with Crippen molar-refractivity contribution in [3.63, 3.8) is 0 Å². The van der Waals surface area contributed by atoms with E-state index in [0.717, 1.165) is 22.3 Å². The Labute approximate surface area is 697 Å². The van der Waals surface area contributed by atoms with Crippen molar-refractivity contribution in [1.82, 2.24) is 42.1 Å². The number of nitrogens with zero attached hydrogens (tertiary/aromatic N) is 2. The van der Waals surface area contributed by atoms with Crippen molar-refractivity contribution in [3.05, 3.63) is 145 Å². The molecule has 0 unspecified atom stereocenters. The summed E-state index contributed by atoms with van der Waals surface area (Å²) in [6.07, 6.45) is 5.28. The molecule has 6 amide bonds. The van der Waals surface area contributed by atoms with Crippen LogP contribution in [-0.2, 0) is 73.4 Å². The van der Waals surface area contributed by atoms with Gasteiger partial charge in [0.25, 0.3) is 11.8 Å². The second-order valence-corrected chi connectivity index (χ2v) is 43.9. The van der Waals surface area contributed by atoms with Gasteiger partial charge in [-0.2, -0.15) is 0 Å². The van der Waals surface area contributed by atoms with E-state index in [1.165, 1.54) is 10.0 Å². The van der Waals surface area contributed by atoms with Gasteiger partial charge in [-0.25, -0.2) is 20.4 Å². The number of hydrazine groups is 2. The van der Waals surface area contributed by atoms with Crippen LogP contribution in [0, 0.1) is 0 Å². The van der Waals surface area contributed by atoms with Gasteiger partial charge in [-0.05, 0) is 187 Å². The number of benzene rings is 4. The number of carbonyl (C=O) groups is 8. The van der Waals surface area contributed by atoms with Crippen molar-refractivity contribution in [3.8, 4) is 23.0 Å². The van der Waals surface area contributed by atoms with E-state index >= 15 is 0 Å². The molecule has 2 saturated heterocycles. The zero-order chi connectivity index (χ0) is 82.6. The van der Waals surface area contributed by atoms with E-state index in [-0.39, 0.29) is 86.5 Å². The van der Waals surface area contributed by atoms with Gasteiger partial charge in [0.05, 0.1) is 20.8 Å². The molecule has 6 rings (SSSR count). The number of amides is 6. The molecule has 2 heterocycles. The zero-order valence-corrected chi connectivity index (χ0v) is 74.7. The van der Waals surface area contributed by atoms with Crippen molar-refractivity contribution in [1.29, 1.82) is 0 Å². The standard InChI is InChI=1S/C39H58N4O8Si.C37H53Cl3N4O8Si.C4H8O.Na.H/c1-11-12-23-49-36(46)31-17-14-22-43(42-31)35(45)33(26-28-15-13-16-30(24-28)51-52(9,10)39(5,6)7)40-34(44)32(41-37(47)50-38(2,3)4)25-27-18-20-29(48-8)21-19-27;1-35(2,3)51-34(48)42-29(21-24-15-17-26(49-7)18-16-24)31(45)41-30(22-25-12-10-13-27(20-25)52-53(8,9)36(4,5)6)32(46)44-19-11-14-28(43-44)33(47)50-23-37(38,39)40;1-2-3-4-5;;/h11,13,15-16,18-21,24,31-33,42H,1,12,14,17,22-23,25-26H2,2-10H3,(H,40,44)(H,41,47);10,12-13,15-18,20,28-30,43H,11,14,19,21-23H2,1-9H3,(H,41,45)(H,42,48);2,5H,1,3-4H2;;/q;;;+1;-1/t31-,32-,33-;28-,29-,30-;;;/m00.../s1. The van der Waals surface area contributed by atoms with E-state index in [0.29, 0.717) is 68.1 Å². The van der Waals surface area contributed by atoms with Crippen LogP contribution < -0.4 is 80.0 Å². The number of ether oxygens (including phenoxy) is 6. The molecule has 2 fully saturated rings. The number of esters is 2. The van der Waals surface area contributed by atoms with E-state index in [2.05, 4.69) is 113 Å². The summed E-state index contributed by atoms with van der Waals surface area (Å²) >= 11 is 17.3. The Morgan fingerprint density at radius 2 is 0.892 bits per heavy atom. The van der Waals surface area contributed by atoms with Gasteiger partial charge in [-0.1, -0.05) is 137 Å². The van der Waals surface area contributed by atoms with Crippen molar-refractivity contribution in [2.75, 3.05) is 47.1 Å². The first kappa shape index (κ1) is 98.3. The van der Waals surface area contributed by atoms with Crippen molar-refractivity contribution in [2.45, 2.75) is 235 Å². The van der Waals surface area contributed by atoms with E-state index < -0.39 is 122 Å². The van der Waals surface area contributed by atoms with Crippen LogP contribution in [0.2, 0.25) is 36.3 Å². The first-order valence-corrected chi connectivity index (χ1v) is 43.9. The van der Waals surface area contributed by atoms with Gasteiger partial charge < -0.3 is 65.1 Å². The van der Waals surface area contributed by atoms with Crippen molar-refractivity contribution < 1.29 is 112 Å². The molecular weight excluding hydrogens is 1530 g/mol. The molecule has 0 radical (unpaired) electrons. The Balaban J connectivity index is 0.000000704. The first-order chi connectivity index (χ1) is 51.2. The summed E-state index contributed by atoms with van der Waals surface area (Å²) in [5, 5.41) is 21.8. The molecule has 7 N–H and O–H groups in total. The van der Waals surface area contributed by atoms with E-state index in [1.807, 2.05) is 48.5 Å². The number of carbonyl (C=O) groups excluding carboxylic acids is 8. The molecule has 4 aromatic carbocycles. The predicted molar refractivity (Wildman–Crippen MR) is 435 cm³/mol. The molecule has 0 saturated carbocycles. The number of hydrogen-bond acceptors (Lipinski definition) is 19. The topological polar surface area (TPSA) is 309 Å². The van der Waals surface area contributed by atoms with E-state index in [1.54, 1.807) is 116 Å². The van der Waals surface area contributed by atoms with Crippen LogP contribution in [0.25, 0.3) is 0 Å². The summed E-state index contributed by atoms with van der Waals surface area (Å²) in [4.78, 5) is 108. The Hall–Kier alpha value is -6.90. The SMILES string of the molecule is C=CCCO.C=CCCOC(=O)[C@@H]1CCCN(C(=O)[C@H](Cc2cccc(O[Si](C)(C)C(C)(C)C)c2)NC(=O)[C@H](Cc2ccc(OC)cc2)NC(=O)OC(C)(C)C)N1.COc1ccc(C[C@H](NC(=O)OC(C)(C)C)C(=O)N[C@@H](Cc2cccc(O[Si](C)(C)C(C)(C)C)c2)C(=O)N2CCC[C@@H](C(=O)OCC(Cl)(Cl)Cl)N2)cc1.[H-].[Na+]. The van der Waals surface area contributed by atoms with Crippen LogP contribution in [0.15, 0.2) is 122 Å². The summed E-state index contributed by atoms with van der Waals surface area (Å²) < 4.78 is 43.3. The van der Waals surface area contributed by atoms with E-state index in [4.69, 9.17) is 77.2 Å². The Morgan fingerprint density at radius 1 is 0.532 bits per heavy atom. The summed E-state index contributed by atoms with van der Waals surface area (Å²) in [5.74, 6) is -0.673. The van der Waals surface area contributed by atoms with Crippen LogP contribution in [-0.4, -0.2) is 178 Å². The fourth-order valence-corrected chi connectivity index (χ4v) is 12.6. The average molecular weight is 1650 g/mol. The fourth-order valence-electron chi connectivity index (χ4n) is 10.4. The molecule has 612 valence electrons. The molecule has 2 aliphatic rings. The third kappa shape index (κ3) is 35.6. The minimum absolute atomic E-state index is 0. The third-order valence-corrected chi connectivity index (χ3v) is 27.3. The fraction of sp³-hybridized carbons (Fsp3) is 0.550. The Bertz CT molecular complexity index is 3690. The Morgan fingerprint density at radius 3 is 1.21 bits per heavy atom. The van der Waals surface area contributed by atoms with Crippen LogP contribution in [0.3, 0.4) is 0 Å². The molecule has 31 heteroatoms. The largest absolute Gasteiger partial charge is 1.00 e. The van der Waals surface area contributed by atoms with Crippen molar-refractivity contribution in [2.24, 2.45) is 0 Å². The first-order valence-electron chi connectivity index (χ1n) is 37.0. The minimum Gasteiger partial charge on any atom is -1.00 e.